The second-order valence-corrected chi connectivity index (χ2v) is 8.35. The van der Waals surface area contributed by atoms with Crippen molar-refractivity contribution in [1.29, 1.82) is 0 Å². The standard InChI is InChI=1S/C17H26N4O4S/c1-4-7-18-16(22)14-5-6-15(13(2)12-14)19-17(23)20-8-10-21(11-9-20)26(3,24)25/h5-6,12H,4,7-11H2,1-3H3,(H,18,22)(H,19,23). The van der Waals surface area contributed by atoms with Gasteiger partial charge in [-0.2, -0.15) is 4.31 Å². The molecule has 2 N–H and O–H groups in total. The summed E-state index contributed by atoms with van der Waals surface area (Å²) >= 11 is 0. The molecule has 0 bridgehead atoms. The average molecular weight is 382 g/mol. The van der Waals surface area contributed by atoms with Gasteiger partial charge in [0, 0.05) is 44.0 Å². The van der Waals surface area contributed by atoms with Crippen molar-refractivity contribution in [2.45, 2.75) is 20.3 Å². The average Bonchev–Trinajstić information content (AvgIpc) is 2.60. The van der Waals surface area contributed by atoms with Crippen molar-refractivity contribution in [3.05, 3.63) is 29.3 Å². The van der Waals surface area contributed by atoms with Crippen LogP contribution in [0.3, 0.4) is 0 Å². The van der Waals surface area contributed by atoms with E-state index in [1.165, 1.54) is 10.6 Å². The van der Waals surface area contributed by atoms with Gasteiger partial charge in [0.05, 0.1) is 6.26 Å². The molecule has 1 aromatic carbocycles. The van der Waals surface area contributed by atoms with Crippen LogP contribution in [0.15, 0.2) is 18.2 Å². The zero-order chi connectivity index (χ0) is 19.3. The molecule has 26 heavy (non-hydrogen) atoms. The van der Waals surface area contributed by atoms with Crippen LogP contribution in [0.25, 0.3) is 0 Å². The molecule has 0 aromatic heterocycles. The number of piperazine rings is 1. The highest BCUT2D eigenvalue weighted by molar-refractivity contribution is 7.88. The third-order valence-electron chi connectivity index (χ3n) is 4.26. The molecule has 144 valence electrons. The lowest BCUT2D eigenvalue weighted by Gasteiger charge is -2.33. The predicted molar refractivity (Wildman–Crippen MR) is 101 cm³/mol. The van der Waals surface area contributed by atoms with Crippen LogP contribution in [0.5, 0.6) is 0 Å². The molecular weight excluding hydrogens is 356 g/mol. The highest BCUT2D eigenvalue weighted by Crippen LogP contribution is 2.18. The van der Waals surface area contributed by atoms with Crippen LogP contribution < -0.4 is 10.6 Å². The molecule has 0 spiro atoms. The van der Waals surface area contributed by atoms with Crippen molar-refractivity contribution in [3.63, 3.8) is 0 Å². The number of amides is 3. The van der Waals surface area contributed by atoms with Gasteiger partial charge in [-0.05, 0) is 37.1 Å². The van der Waals surface area contributed by atoms with Crippen molar-refractivity contribution >= 4 is 27.6 Å². The zero-order valence-corrected chi connectivity index (χ0v) is 16.2. The molecule has 0 aliphatic carbocycles. The smallest absolute Gasteiger partial charge is 0.321 e. The molecule has 1 heterocycles. The molecular formula is C17H26N4O4S. The number of anilines is 1. The Bertz CT molecular complexity index is 771. The SMILES string of the molecule is CCCNC(=O)c1ccc(NC(=O)N2CCN(S(C)(=O)=O)CC2)c(C)c1. The van der Waals surface area contributed by atoms with E-state index >= 15 is 0 Å². The van der Waals surface area contributed by atoms with Crippen molar-refractivity contribution in [3.8, 4) is 0 Å². The summed E-state index contributed by atoms with van der Waals surface area (Å²) in [6, 6.07) is 4.85. The minimum absolute atomic E-state index is 0.135. The van der Waals surface area contributed by atoms with Gasteiger partial charge in [0.15, 0.2) is 0 Å². The monoisotopic (exact) mass is 382 g/mol. The Kier molecular flexibility index (Phi) is 6.60. The largest absolute Gasteiger partial charge is 0.352 e. The van der Waals surface area contributed by atoms with E-state index in [9.17, 15) is 18.0 Å². The fourth-order valence-electron chi connectivity index (χ4n) is 2.70. The summed E-state index contributed by atoms with van der Waals surface area (Å²) in [5.41, 5.74) is 1.97. The van der Waals surface area contributed by atoms with Crippen molar-refractivity contribution < 1.29 is 18.0 Å². The number of hydrogen-bond acceptors (Lipinski definition) is 4. The molecule has 3 amide bonds. The van der Waals surface area contributed by atoms with E-state index in [4.69, 9.17) is 0 Å². The number of sulfonamides is 1. The van der Waals surface area contributed by atoms with Crippen LogP contribution in [0.4, 0.5) is 10.5 Å². The van der Waals surface area contributed by atoms with Gasteiger partial charge in [0.2, 0.25) is 10.0 Å². The second-order valence-electron chi connectivity index (χ2n) is 6.36. The number of aryl methyl sites for hydroxylation is 1. The Labute approximate surface area is 154 Å². The second kappa shape index (κ2) is 8.50. The molecule has 8 nitrogen and oxygen atoms in total. The number of nitrogens with one attached hydrogen (secondary N) is 2. The van der Waals surface area contributed by atoms with Crippen molar-refractivity contribution in [2.24, 2.45) is 0 Å². The summed E-state index contributed by atoms with van der Waals surface area (Å²) < 4.78 is 24.4. The van der Waals surface area contributed by atoms with Crippen LogP contribution in [0.1, 0.15) is 29.3 Å². The number of urea groups is 1. The molecule has 0 saturated carbocycles. The Morgan fingerprint density at radius 1 is 1.15 bits per heavy atom. The Morgan fingerprint density at radius 3 is 2.35 bits per heavy atom. The fourth-order valence-corrected chi connectivity index (χ4v) is 3.53. The zero-order valence-electron chi connectivity index (χ0n) is 15.4. The van der Waals surface area contributed by atoms with E-state index in [0.29, 0.717) is 44.0 Å². The molecule has 9 heteroatoms. The van der Waals surface area contributed by atoms with Gasteiger partial charge < -0.3 is 15.5 Å². The maximum atomic E-state index is 12.4. The summed E-state index contributed by atoms with van der Waals surface area (Å²) in [5.74, 6) is -0.135. The molecule has 1 fully saturated rings. The number of carbonyl (C=O) groups is 2. The molecule has 0 atom stereocenters. The van der Waals surface area contributed by atoms with E-state index < -0.39 is 10.0 Å². The third kappa shape index (κ3) is 5.18. The Morgan fingerprint density at radius 2 is 1.81 bits per heavy atom. The van der Waals surface area contributed by atoms with E-state index in [2.05, 4.69) is 10.6 Å². The Balaban J connectivity index is 1.96. The molecule has 1 saturated heterocycles. The van der Waals surface area contributed by atoms with Gasteiger partial charge in [-0.3, -0.25) is 4.79 Å². The number of carbonyl (C=O) groups excluding carboxylic acids is 2. The van der Waals surface area contributed by atoms with Crippen molar-refractivity contribution in [1.82, 2.24) is 14.5 Å². The van der Waals surface area contributed by atoms with Crippen molar-refractivity contribution in [2.75, 3.05) is 44.3 Å². The summed E-state index contributed by atoms with van der Waals surface area (Å²) in [4.78, 5) is 26.0. The first-order valence-electron chi connectivity index (χ1n) is 8.62. The summed E-state index contributed by atoms with van der Waals surface area (Å²) in [6.45, 7) is 5.71. The number of hydrogen-bond donors (Lipinski definition) is 2. The van der Waals surface area contributed by atoms with Gasteiger partial charge in [0.1, 0.15) is 0 Å². The minimum Gasteiger partial charge on any atom is -0.352 e. The maximum Gasteiger partial charge on any atom is 0.321 e. The molecule has 0 radical (unpaired) electrons. The molecule has 0 unspecified atom stereocenters. The predicted octanol–water partition coefficient (Wildman–Crippen LogP) is 1.24. The van der Waals surface area contributed by atoms with Gasteiger partial charge in [-0.15, -0.1) is 0 Å². The summed E-state index contributed by atoms with van der Waals surface area (Å²) in [5, 5.41) is 5.65. The first-order valence-corrected chi connectivity index (χ1v) is 10.5. The van der Waals surface area contributed by atoms with E-state index in [0.717, 1.165) is 12.0 Å². The lowest BCUT2D eigenvalue weighted by atomic mass is 10.1. The van der Waals surface area contributed by atoms with Crippen LogP contribution in [0.2, 0.25) is 0 Å². The quantitative estimate of drug-likeness (QED) is 0.800. The first kappa shape index (κ1) is 20.2. The number of nitrogens with zero attached hydrogens (tertiary/aromatic N) is 2. The summed E-state index contributed by atoms with van der Waals surface area (Å²) in [6.07, 6.45) is 2.04. The molecule has 1 aliphatic rings. The van der Waals surface area contributed by atoms with E-state index in [1.54, 1.807) is 23.1 Å². The molecule has 2 rings (SSSR count). The summed E-state index contributed by atoms with van der Waals surface area (Å²) in [7, 11) is -3.22. The van der Waals surface area contributed by atoms with Gasteiger partial charge in [-0.25, -0.2) is 13.2 Å². The highest BCUT2D eigenvalue weighted by atomic mass is 32.2. The van der Waals surface area contributed by atoms with Crippen LogP contribution in [-0.2, 0) is 10.0 Å². The minimum atomic E-state index is -3.22. The van der Waals surface area contributed by atoms with E-state index in [1.807, 2.05) is 13.8 Å². The van der Waals surface area contributed by atoms with E-state index in [-0.39, 0.29) is 11.9 Å². The Hall–Kier alpha value is -2.13. The third-order valence-corrected chi connectivity index (χ3v) is 5.56. The molecule has 1 aliphatic heterocycles. The highest BCUT2D eigenvalue weighted by Gasteiger charge is 2.26. The van der Waals surface area contributed by atoms with Crippen LogP contribution in [-0.4, -0.2) is 68.5 Å². The van der Waals surface area contributed by atoms with Gasteiger partial charge >= 0.3 is 6.03 Å². The first-order chi connectivity index (χ1) is 12.2. The topological polar surface area (TPSA) is 98.8 Å². The lowest BCUT2D eigenvalue weighted by molar-refractivity contribution is 0.0953. The maximum absolute atomic E-state index is 12.4. The fraction of sp³-hybridized carbons (Fsp3) is 0.529. The lowest BCUT2D eigenvalue weighted by Crippen LogP contribution is -2.51. The van der Waals surface area contributed by atoms with Crippen LogP contribution >= 0.6 is 0 Å². The normalized spacial score (nSPS) is 15.6. The van der Waals surface area contributed by atoms with Crippen LogP contribution in [0, 0.1) is 6.92 Å². The molecule has 1 aromatic rings. The van der Waals surface area contributed by atoms with Gasteiger partial charge in [-0.1, -0.05) is 6.92 Å². The van der Waals surface area contributed by atoms with Gasteiger partial charge in [0.25, 0.3) is 5.91 Å². The number of rotatable bonds is 5. The number of benzene rings is 1.